The summed E-state index contributed by atoms with van der Waals surface area (Å²) in [6, 6.07) is 0. The Morgan fingerprint density at radius 1 is 0.905 bits per heavy atom. The van der Waals surface area contributed by atoms with E-state index in [9.17, 15) is 0 Å². The van der Waals surface area contributed by atoms with Crippen molar-refractivity contribution in [2.45, 2.75) is 84.5 Å². The molecule has 0 aromatic rings. The molecule has 0 saturated carbocycles. The van der Waals surface area contributed by atoms with E-state index in [2.05, 4.69) is 31.4 Å². The van der Waals surface area contributed by atoms with Crippen molar-refractivity contribution in [3.05, 3.63) is 24.6 Å². The van der Waals surface area contributed by atoms with Gasteiger partial charge in [-0.05, 0) is 24.3 Å². The molecule has 0 N–H and O–H groups in total. The highest BCUT2D eigenvalue weighted by atomic mass is 32.2. The second-order valence-electron chi connectivity index (χ2n) is 5.74. The van der Waals surface area contributed by atoms with Crippen LogP contribution in [0.15, 0.2) is 29.0 Å². The lowest BCUT2D eigenvalue weighted by Crippen LogP contribution is -2.12. The Kier molecular flexibility index (Phi) is 15.5. The number of allylic oxidation sites excluding steroid dienone is 1. The zero-order valence-corrected chi connectivity index (χ0v) is 15.1. The van der Waals surface area contributed by atoms with Crippen LogP contribution in [0.1, 0.15) is 84.5 Å². The van der Waals surface area contributed by atoms with Gasteiger partial charge in [-0.3, -0.25) is 0 Å². The second kappa shape index (κ2) is 15.9. The Morgan fingerprint density at radius 2 is 1.43 bits per heavy atom. The third-order valence-electron chi connectivity index (χ3n) is 3.92. The molecular weight excluding hydrogens is 274 g/mol. The second-order valence-corrected chi connectivity index (χ2v) is 6.47. The van der Waals surface area contributed by atoms with E-state index >= 15 is 0 Å². The van der Waals surface area contributed by atoms with Gasteiger partial charge in [0.15, 0.2) is 0 Å². The Hall–Kier alpha value is -0.500. The van der Waals surface area contributed by atoms with Crippen molar-refractivity contribution in [2.24, 2.45) is 10.3 Å². The van der Waals surface area contributed by atoms with Crippen molar-refractivity contribution in [3.63, 3.8) is 0 Å². The monoisotopic (exact) mass is 309 g/mol. The lowest BCUT2D eigenvalue weighted by atomic mass is 9.90. The third kappa shape index (κ3) is 11.8. The van der Waals surface area contributed by atoms with Crippen LogP contribution in [0.5, 0.6) is 0 Å². The maximum atomic E-state index is 4.57. The number of hydrogen-bond acceptors (Lipinski definition) is 2. The summed E-state index contributed by atoms with van der Waals surface area (Å²) in [6.07, 6.45) is 16.5. The highest BCUT2D eigenvalue weighted by Crippen LogP contribution is 2.22. The van der Waals surface area contributed by atoms with Crippen molar-refractivity contribution in [3.8, 4) is 0 Å². The van der Waals surface area contributed by atoms with Crippen LogP contribution in [-0.4, -0.2) is 5.71 Å². The molecule has 0 aromatic heterocycles. The molecule has 1 unspecified atom stereocenters. The Balaban J connectivity index is 4.30. The molecule has 1 atom stereocenters. The molecule has 0 rings (SSSR count). The predicted molar refractivity (Wildman–Crippen MR) is 101 cm³/mol. The van der Waals surface area contributed by atoms with Gasteiger partial charge in [-0.2, -0.15) is 0 Å². The van der Waals surface area contributed by atoms with Gasteiger partial charge in [-0.15, -0.1) is 0 Å². The first-order valence-corrected chi connectivity index (χ1v) is 9.60. The van der Waals surface area contributed by atoms with Gasteiger partial charge in [0.05, 0.1) is 5.71 Å². The standard InChI is InChI=1S/C19H35NS/c1-5-9-11-13-15-17-18(16-14-12-10-6-2)19(7-3)20-21-8-4/h7-8,18H,3-6,9-17H2,1-2H3. The number of hydrogen-bond donors (Lipinski definition) is 0. The normalized spacial score (nSPS) is 13.1. The van der Waals surface area contributed by atoms with Gasteiger partial charge in [0.25, 0.3) is 0 Å². The minimum absolute atomic E-state index is 0.591. The molecule has 2 heteroatoms. The Labute approximate surface area is 137 Å². The molecule has 0 saturated heterocycles. The van der Waals surface area contributed by atoms with Crippen molar-refractivity contribution in [1.29, 1.82) is 0 Å². The van der Waals surface area contributed by atoms with E-state index in [0.717, 1.165) is 0 Å². The van der Waals surface area contributed by atoms with Gasteiger partial charge in [-0.1, -0.05) is 84.8 Å². The highest BCUT2D eigenvalue weighted by Gasteiger charge is 2.13. The predicted octanol–water partition coefficient (Wildman–Crippen LogP) is 7.35. The van der Waals surface area contributed by atoms with E-state index in [1.165, 1.54) is 88.3 Å². The van der Waals surface area contributed by atoms with Crippen molar-refractivity contribution >= 4 is 17.7 Å². The summed E-state index contributed by atoms with van der Waals surface area (Å²) < 4.78 is 4.57. The SMILES string of the molecule is C=CSN=C(C=C)C(CCCCCC)CCCCCCC. The molecular formula is C19H35NS. The first kappa shape index (κ1) is 20.5. The maximum Gasteiger partial charge on any atom is 0.0515 e. The maximum absolute atomic E-state index is 4.57. The summed E-state index contributed by atoms with van der Waals surface area (Å²) >= 11 is 1.44. The van der Waals surface area contributed by atoms with E-state index in [-0.39, 0.29) is 0 Å². The number of rotatable bonds is 15. The fourth-order valence-electron chi connectivity index (χ4n) is 2.63. The molecule has 0 aliphatic rings. The minimum atomic E-state index is 0.591. The fourth-order valence-corrected chi connectivity index (χ4v) is 3.05. The minimum Gasteiger partial charge on any atom is -0.216 e. The van der Waals surface area contributed by atoms with Gasteiger partial charge in [-0.25, -0.2) is 4.40 Å². The number of unbranched alkanes of at least 4 members (excludes halogenated alkanes) is 7. The third-order valence-corrected chi connectivity index (χ3v) is 4.39. The Bertz CT molecular complexity index is 283. The molecule has 0 aromatic carbocycles. The van der Waals surface area contributed by atoms with Crippen LogP contribution in [0.4, 0.5) is 0 Å². The van der Waals surface area contributed by atoms with Gasteiger partial charge in [0, 0.05) is 17.9 Å². The van der Waals surface area contributed by atoms with Gasteiger partial charge in [0.1, 0.15) is 0 Å². The average molecular weight is 310 g/mol. The van der Waals surface area contributed by atoms with Crippen LogP contribution < -0.4 is 0 Å². The van der Waals surface area contributed by atoms with E-state index in [0.29, 0.717) is 5.92 Å². The van der Waals surface area contributed by atoms with Crippen molar-refractivity contribution < 1.29 is 0 Å². The van der Waals surface area contributed by atoms with Crippen molar-refractivity contribution in [1.82, 2.24) is 0 Å². The van der Waals surface area contributed by atoms with Gasteiger partial charge >= 0.3 is 0 Å². The summed E-state index contributed by atoms with van der Waals surface area (Å²) in [6.45, 7) is 12.2. The van der Waals surface area contributed by atoms with Crippen LogP contribution >= 0.6 is 11.9 Å². The molecule has 0 radical (unpaired) electrons. The summed E-state index contributed by atoms with van der Waals surface area (Å²) in [7, 11) is 0. The molecule has 1 nitrogen and oxygen atoms in total. The number of nitrogens with zero attached hydrogens (tertiary/aromatic N) is 1. The molecule has 0 amide bonds. The van der Waals surface area contributed by atoms with E-state index < -0.39 is 0 Å². The molecule has 0 aliphatic carbocycles. The van der Waals surface area contributed by atoms with E-state index in [1.54, 1.807) is 5.41 Å². The zero-order valence-electron chi connectivity index (χ0n) is 14.3. The van der Waals surface area contributed by atoms with Crippen LogP contribution in [0, 0.1) is 5.92 Å². The highest BCUT2D eigenvalue weighted by molar-refractivity contribution is 8.01. The van der Waals surface area contributed by atoms with Crippen LogP contribution in [0.2, 0.25) is 0 Å². The summed E-state index contributed by atoms with van der Waals surface area (Å²) in [4.78, 5) is 0. The van der Waals surface area contributed by atoms with Gasteiger partial charge in [0.2, 0.25) is 0 Å². The van der Waals surface area contributed by atoms with E-state index in [4.69, 9.17) is 0 Å². The summed E-state index contributed by atoms with van der Waals surface area (Å²) in [5.74, 6) is 0.591. The summed E-state index contributed by atoms with van der Waals surface area (Å²) in [5, 5.41) is 1.79. The average Bonchev–Trinajstić information content (AvgIpc) is 2.51. The van der Waals surface area contributed by atoms with Crippen LogP contribution in [0.25, 0.3) is 0 Å². The van der Waals surface area contributed by atoms with Crippen LogP contribution in [-0.2, 0) is 0 Å². The molecule has 0 aliphatic heterocycles. The lowest BCUT2D eigenvalue weighted by molar-refractivity contribution is 0.492. The van der Waals surface area contributed by atoms with Gasteiger partial charge < -0.3 is 0 Å². The van der Waals surface area contributed by atoms with E-state index in [1.807, 2.05) is 6.08 Å². The molecule has 122 valence electrons. The zero-order chi connectivity index (χ0) is 15.8. The summed E-state index contributed by atoms with van der Waals surface area (Å²) in [5.41, 5.74) is 1.17. The quantitative estimate of drug-likeness (QED) is 0.175. The van der Waals surface area contributed by atoms with Crippen LogP contribution in [0.3, 0.4) is 0 Å². The molecule has 0 fully saturated rings. The molecule has 0 spiro atoms. The fraction of sp³-hybridized carbons (Fsp3) is 0.737. The molecule has 0 bridgehead atoms. The largest absolute Gasteiger partial charge is 0.216 e. The first-order valence-electron chi connectivity index (χ1n) is 8.77. The smallest absolute Gasteiger partial charge is 0.0515 e. The van der Waals surface area contributed by atoms with Crippen molar-refractivity contribution in [2.75, 3.05) is 0 Å². The lowest BCUT2D eigenvalue weighted by Gasteiger charge is -2.17. The Morgan fingerprint density at radius 3 is 1.90 bits per heavy atom. The molecule has 21 heavy (non-hydrogen) atoms. The first-order chi connectivity index (χ1) is 10.3. The molecule has 0 heterocycles. The topological polar surface area (TPSA) is 12.4 Å².